The van der Waals surface area contributed by atoms with E-state index < -0.39 is 0 Å². The Bertz CT molecular complexity index is 799. The zero-order valence-corrected chi connectivity index (χ0v) is 15.9. The molecule has 3 rings (SSSR count). The maximum atomic E-state index is 12.1. The smallest absolute Gasteiger partial charge is 0.271 e. The van der Waals surface area contributed by atoms with E-state index in [0.29, 0.717) is 5.56 Å². The fraction of sp³-hybridized carbons (Fsp3) is 0.381. The van der Waals surface area contributed by atoms with Gasteiger partial charge in [0.15, 0.2) is 0 Å². The van der Waals surface area contributed by atoms with E-state index in [4.69, 9.17) is 4.74 Å². The van der Waals surface area contributed by atoms with Crippen molar-refractivity contribution in [2.24, 2.45) is 5.10 Å². The van der Waals surface area contributed by atoms with E-state index in [1.807, 2.05) is 19.1 Å². The van der Waals surface area contributed by atoms with Crippen molar-refractivity contribution in [1.82, 2.24) is 15.3 Å². The lowest BCUT2D eigenvalue weighted by Crippen LogP contribution is -2.29. The number of pyridine rings is 1. The summed E-state index contributed by atoms with van der Waals surface area (Å²) in [5.74, 6) is 0.636. The number of ether oxygens (including phenoxy) is 1. The summed E-state index contributed by atoms with van der Waals surface area (Å²) in [4.78, 5) is 18.5. The van der Waals surface area contributed by atoms with Gasteiger partial charge in [-0.15, -0.1) is 0 Å². The number of nitrogens with one attached hydrogen (secondary N) is 1. The molecule has 142 valence electrons. The number of piperidine rings is 1. The maximum Gasteiger partial charge on any atom is 0.271 e. The molecule has 6 nitrogen and oxygen atoms in total. The third kappa shape index (κ3) is 5.14. The fourth-order valence-electron chi connectivity index (χ4n) is 3.25. The van der Waals surface area contributed by atoms with Gasteiger partial charge in [-0.1, -0.05) is 6.42 Å². The van der Waals surface area contributed by atoms with Crippen LogP contribution in [0.15, 0.2) is 47.8 Å². The predicted octanol–water partition coefficient (Wildman–Crippen LogP) is 3.23. The summed E-state index contributed by atoms with van der Waals surface area (Å²) >= 11 is 0. The van der Waals surface area contributed by atoms with Crippen LogP contribution in [0.5, 0.6) is 5.75 Å². The van der Waals surface area contributed by atoms with E-state index >= 15 is 0 Å². The molecule has 2 heterocycles. The number of likely N-dealkylation sites (tertiary alicyclic amines) is 1. The van der Waals surface area contributed by atoms with Gasteiger partial charge < -0.3 is 4.74 Å². The maximum absolute atomic E-state index is 12.1. The second-order valence-electron chi connectivity index (χ2n) is 6.74. The van der Waals surface area contributed by atoms with E-state index in [9.17, 15) is 4.79 Å². The monoisotopic (exact) mass is 366 g/mol. The van der Waals surface area contributed by atoms with Gasteiger partial charge in [0, 0.05) is 30.1 Å². The molecule has 0 bridgehead atoms. The second-order valence-corrected chi connectivity index (χ2v) is 6.74. The lowest BCUT2D eigenvalue weighted by atomic mass is 10.0. The molecule has 0 atom stereocenters. The third-order valence-corrected chi connectivity index (χ3v) is 4.81. The highest BCUT2D eigenvalue weighted by molar-refractivity contribution is 6.01. The summed E-state index contributed by atoms with van der Waals surface area (Å²) in [6.45, 7) is 5.01. The number of methoxy groups -OCH3 is 1. The van der Waals surface area contributed by atoms with Crippen molar-refractivity contribution >= 4 is 11.6 Å². The van der Waals surface area contributed by atoms with Gasteiger partial charge in [-0.2, -0.15) is 5.10 Å². The van der Waals surface area contributed by atoms with Crippen LogP contribution in [-0.4, -0.2) is 41.7 Å². The summed E-state index contributed by atoms with van der Waals surface area (Å²) in [5.41, 5.74) is 6.00. The first kappa shape index (κ1) is 19.0. The van der Waals surface area contributed by atoms with Crippen molar-refractivity contribution in [2.75, 3.05) is 20.2 Å². The number of hydrazone groups is 1. The molecule has 1 saturated heterocycles. The Morgan fingerprint density at radius 3 is 2.59 bits per heavy atom. The minimum atomic E-state index is -0.251. The SMILES string of the molecule is COc1ccc(/C(C)=N\NC(=O)c2ccncc2)cc1CN1CCCCC1. The number of amides is 1. The molecule has 2 aromatic rings. The number of aromatic nitrogens is 1. The average molecular weight is 366 g/mol. The van der Waals surface area contributed by atoms with Crippen molar-refractivity contribution in [3.05, 3.63) is 59.4 Å². The predicted molar refractivity (Wildman–Crippen MR) is 106 cm³/mol. The van der Waals surface area contributed by atoms with Crippen molar-refractivity contribution in [2.45, 2.75) is 32.7 Å². The van der Waals surface area contributed by atoms with Crippen molar-refractivity contribution < 1.29 is 9.53 Å². The summed E-state index contributed by atoms with van der Waals surface area (Å²) < 4.78 is 5.54. The van der Waals surface area contributed by atoms with Gasteiger partial charge in [0.2, 0.25) is 0 Å². The number of rotatable bonds is 6. The summed E-state index contributed by atoms with van der Waals surface area (Å²) in [7, 11) is 1.70. The van der Waals surface area contributed by atoms with Gasteiger partial charge in [0.25, 0.3) is 5.91 Å². The average Bonchev–Trinajstić information content (AvgIpc) is 2.73. The molecular weight excluding hydrogens is 340 g/mol. The molecule has 1 aliphatic heterocycles. The van der Waals surface area contributed by atoms with Crippen LogP contribution in [-0.2, 0) is 6.54 Å². The minimum Gasteiger partial charge on any atom is -0.496 e. The molecule has 1 aromatic heterocycles. The molecule has 0 aliphatic carbocycles. The first-order chi connectivity index (χ1) is 13.2. The normalized spacial score (nSPS) is 15.4. The summed E-state index contributed by atoms with van der Waals surface area (Å²) in [6.07, 6.45) is 6.99. The van der Waals surface area contributed by atoms with Crippen LogP contribution in [0.1, 0.15) is 47.7 Å². The number of benzene rings is 1. The van der Waals surface area contributed by atoms with Crippen LogP contribution >= 0.6 is 0 Å². The molecular formula is C21H26N4O2. The molecule has 0 saturated carbocycles. The van der Waals surface area contributed by atoms with Gasteiger partial charge in [0.1, 0.15) is 5.75 Å². The lowest BCUT2D eigenvalue weighted by molar-refractivity contribution is 0.0954. The first-order valence-corrected chi connectivity index (χ1v) is 9.31. The molecule has 1 aromatic carbocycles. The van der Waals surface area contributed by atoms with Crippen LogP contribution in [0.3, 0.4) is 0 Å². The minimum absolute atomic E-state index is 0.251. The van der Waals surface area contributed by atoms with Crippen molar-refractivity contribution in [3.63, 3.8) is 0 Å². The topological polar surface area (TPSA) is 66.8 Å². The third-order valence-electron chi connectivity index (χ3n) is 4.81. The summed E-state index contributed by atoms with van der Waals surface area (Å²) in [6, 6.07) is 9.35. The largest absolute Gasteiger partial charge is 0.496 e. The van der Waals surface area contributed by atoms with E-state index in [1.54, 1.807) is 31.6 Å². The highest BCUT2D eigenvalue weighted by Gasteiger charge is 2.14. The van der Waals surface area contributed by atoms with Crippen LogP contribution < -0.4 is 10.2 Å². The van der Waals surface area contributed by atoms with Crippen molar-refractivity contribution in [1.29, 1.82) is 0 Å². The van der Waals surface area contributed by atoms with Crippen molar-refractivity contribution in [3.8, 4) is 5.75 Å². The van der Waals surface area contributed by atoms with Gasteiger partial charge in [-0.05, 0) is 68.8 Å². The molecule has 27 heavy (non-hydrogen) atoms. The van der Waals surface area contributed by atoms with Crippen LogP contribution in [0.4, 0.5) is 0 Å². The number of carbonyl (C=O) groups excluding carboxylic acids is 1. The molecule has 0 radical (unpaired) electrons. The number of hydrogen-bond acceptors (Lipinski definition) is 5. The first-order valence-electron chi connectivity index (χ1n) is 9.31. The lowest BCUT2D eigenvalue weighted by Gasteiger charge is -2.27. The zero-order valence-electron chi connectivity index (χ0n) is 15.9. The molecule has 0 spiro atoms. The molecule has 1 N–H and O–H groups in total. The van der Waals surface area contributed by atoms with Crippen LogP contribution in [0, 0.1) is 0 Å². The molecule has 0 unspecified atom stereocenters. The van der Waals surface area contributed by atoms with Gasteiger partial charge in [0.05, 0.1) is 12.8 Å². The van der Waals surface area contributed by atoms with E-state index in [0.717, 1.165) is 42.2 Å². The zero-order chi connectivity index (χ0) is 19.1. The Hall–Kier alpha value is -2.73. The molecule has 6 heteroatoms. The van der Waals surface area contributed by atoms with E-state index in [2.05, 4.69) is 26.5 Å². The quantitative estimate of drug-likeness (QED) is 0.630. The standard InChI is InChI=1S/C21H26N4O2/c1-16(23-24-21(26)17-8-10-22-11-9-17)18-6-7-20(27-2)19(14-18)15-25-12-4-3-5-13-25/h6-11,14H,3-5,12-13,15H2,1-2H3,(H,24,26)/b23-16-. The number of carbonyl (C=O) groups is 1. The van der Waals surface area contributed by atoms with Crippen LogP contribution in [0.2, 0.25) is 0 Å². The van der Waals surface area contributed by atoms with E-state index in [-0.39, 0.29) is 5.91 Å². The highest BCUT2D eigenvalue weighted by Crippen LogP contribution is 2.23. The molecule has 1 amide bonds. The second kappa shape index (κ2) is 9.28. The van der Waals surface area contributed by atoms with Gasteiger partial charge in [-0.25, -0.2) is 5.43 Å². The number of hydrogen-bond donors (Lipinski definition) is 1. The fourth-order valence-corrected chi connectivity index (χ4v) is 3.25. The van der Waals surface area contributed by atoms with E-state index in [1.165, 1.54) is 19.3 Å². The Balaban J connectivity index is 1.72. The Morgan fingerprint density at radius 2 is 1.89 bits per heavy atom. The molecule has 1 aliphatic rings. The Kier molecular flexibility index (Phi) is 6.54. The van der Waals surface area contributed by atoms with Gasteiger partial charge >= 0.3 is 0 Å². The Labute approximate surface area is 160 Å². The Morgan fingerprint density at radius 1 is 1.15 bits per heavy atom. The van der Waals surface area contributed by atoms with Crippen LogP contribution in [0.25, 0.3) is 0 Å². The number of nitrogens with zero attached hydrogens (tertiary/aromatic N) is 3. The van der Waals surface area contributed by atoms with Gasteiger partial charge in [-0.3, -0.25) is 14.7 Å². The molecule has 1 fully saturated rings. The summed E-state index contributed by atoms with van der Waals surface area (Å²) in [5, 5.41) is 4.26. The highest BCUT2D eigenvalue weighted by atomic mass is 16.5.